The van der Waals surface area contributed by atoms with Gasteiger partial charge < -0.3 is 16.2 Å². The van der Waals surface area contributed by atoms with Gasteiger partial charge in [-0.15, -0.1) is 12.4 Å². The largest absolute Gasteiger partial charge is 0.391 e. The normalized spacial score (nSPS) is 14.6. The van der Waals surface area contributed by atoms with Crippen LogP contribution in [0.25, 0.3) is 0 Å². The molecule has 0 aliphatic carbocycles. The lowest BCUT2D eigenvalue weighted by Gasteiger charge is -2.23. The Bertz CT molecular complexity index is 235. The molecule has 2 atom stereocenters. The van der Waals surface area contributed by atoms with Crippen molar-refractivity contribution in [3.05, 3.63) is 0 Å². The van der Waals surface area contributed by atoms with Gasteiger partial charge in [0, 0.05) is 6.54 Å². The second kappa shape index (κ2) is 9.89. The number of nitrogens with one attached hydrogen (secondary N) is 1. The van der Waals surface area contributed by atoms with E-state index in [-0.39, 0.29) is 30.3 Å². The molecule has 0 saturated heterocycles. The van der Waals surface area contributed by atoms with Crippen molar-refractivity contribution in [1.29, 1.82) is 0 Å². The van der Waals surface area contributed by atoms with Gasteiger partial charge in [0.25, 0.3) is 0 Å². The molecular formula is C12H27ClN2O2S. The van der Waals surface area contributed by atoms with E-state index >= 15 is 0 Å². The van der Waals surface area contributed by atoms with Crippen LogP contribution in [0.4, 0.5) is 0 Å². The highest BCUT2D eigenvalue weighted by molar-refractivity contribution is 7.98. The zero-order valence-corrected chi connectivity index (χ0v) is 13.4. The lowest BCUT2D eigenvalue weighted by atomic mass is 9.89. The van der Waals surface area contributed by atoms with Crippen molar-refractivity contribution in [2.24, 2.45) is 11.1 Å². The van der Waals surface area contributed by atoms with Crippen LogP contribution in [0.5, 0.6) is 0 Å². The minimum absolute atomic E-state index is 0. The fourth-order valence-electron chi connectivity index (χ4n) is 1.50. The van der Waals surface area contributed by atoms with E-state index in [2.05, 4.69) is 26.1 Å². The zero-order chi connectivity index (χ0) is 13.5. The minimum atomic E-state index is -0.508. The van der Waals surface area contributed by atoms with E-state index < -0.39 is 12.1 Å². The first-order valence-corrected chi connectivity index (χ1v) is 7.36. The molecular weight excluding hydrogens is 272 g/mol. The SMILES string of the molecule is CSCC[C@H](N)C(=O)NCC(O)CC(C)(C)C.Cl. The molecule has 0 rings (SSSR count). The average Bonchev–Trinajstić information content (AvgIpc) is 2.20. The van der Waals surface area contributed by atoms with Crippen LogP contribution in [-0.4, -0.2) is 41.7 Å². The van der Waals surface area contributed by atoms with Gasteiger partial charge in [-0.3, -0.25) is 4.79 Å². The Morgan fingerprint density at radius 1 is 1.44 bits per heavy atom. The van der Waals surface area contributed by atoms with E-state index in [1.54, 1.807) is 11.8 Å². The molecule has 1 unspecified atom stereocenters. The van der Waals surface area contributed by atoms with Crippen LogP contribution < -0.4 is 11.1 Å². The Labute approximate surface area is 121 Å². The number of rotatable bonds is 7. The van der Waals surface area contributed by atoms with Gasteiger partial charge in [0.15, 0.2) is 0 Å². The quantitative estimate of drug-likeness (QED) is 0.664. The van der Waals surface area contributed by atoms with Crippen molar-refractivity contribution in [2.75, 3.05) is 18.6 Å². The van der Waals surface area contributed by atoms with E-state index in [0.717, 1.165) is 5.75 Å². The summed E-state index contributed by atoms with van der Waals surface area (Å²) in [7, 11) is 0. The fourth-order valence-corrected chi connectivity index (χ4v) is 1.99. The lowest BCUT2D eigenvalue weighted by Crippen LogP contribution is -2.44. The average molecular weight is 299 g/mol. The third-order valence-corrected chi connectivity index (χ3v) is 2.97. The van der Waals surface area contributed by atoms with Crippen LogP contribution in [0.1, 0.15) is 33.6 Å². The van der Waals surface area contributed by atoms with E-state index in [1.165, 1.54) is 0 Å². The van der Waals surface area contributed by atoms with Crippen LogP contribution in [0, 0.1) is 5.41 Å². The highest BCUT2D eigenvalue weighted by Crippen LogP contribution is 2.20. The Balaban J connectivity index is 0. The fraction of sp³-hybridized carbons (Fsp3) is 0.917. The lowest BCUT2D eigenvalue weighted by molar-refractivity contribution is -0.122. The molecule has 0 bridgehead atoms. The number of nitrogens with two attached hydrogens (primary N) is 1. The van der Waals surface area contributed by atoms with E-state index in [9.17, 15) is 9.90 Å². The summed E-state index contributed by atoms with van der Waals surface area (Å²) in [6.45, 7) is 6.45. The van der Waals surface area contributed by atoms with Gasteiger partial charge in [-0.05, 0) is 30.3 Å². The first kappa shape index (κ1) is 20.3. The number of carbonyl (C=O) groups excluding carboxylic acids is 1. The monoisotopic (exact) mass is 298 g/mol. The van der Waals surface area contributed by atoms with Crippen molar-refractivity contribution in [3.8, 4) is 0 Å². The molecule has 0 radical (unpaired) electrons. The molecule has 0 aromatic carbocycles. The summed E-state index contributed by atoms with van der Waals surface area (Å²) >= 11 is 1.67. The summed E-state index contributed by atoms with van der Waals surface area (Å²) in [6, 6.07) is -0.468. The summed E-state index contributed by atoms with van der Waals surface area (Å²) in [5, 5.41) is 12.4. The van der Waals surface area contributed by atoms with Gasteiger partial charge in [-0.1, -0.05) is 20.8 Å². The van der Waals surface area contributed by atoms with E-state index in [1.807, 2.05) is 6.26 Å². The summed E-state index contributed by atoms with van der Waals surface area (Å²) in [5.41, 5.74) is 5.77. The Kier molecular flexibility index (Phi) is 11.2. The molecule has 4 nitrogen and oxygen atoms in total. The van der Waals surface area contributed by atoms with Crippen LogP contribution in [0.15, 0.2) is 0 Å². The molecule has 0 aromatic rings. The van der Waals surface area contributed by atoms with Crippen molar-refractivity contribution < 1.29 is 9.90 Å². The van der Waals surface area contributed by atoms with Crippen LogP contribution in [0.3, 0.4) is 0 Å². The Morgan fingerprint density at radius 2 is 2.00 bits per heavy atom. The molecule has 0 fully saturated rings. The van der Waals surface area contributed by atoms with Gasteiger partial charge in [0.05, 0.1) is 12.1 Å². The molecule has 0 aliphatic rings. The van der Waals surface area contributed by atoms with Gasteiger partial charge >= 0.3 is 0 Å². The first-order valence-electron chi connectivity index (χ1n) is 5.96. The number of hydrogen-bond donors (Lipinski definition) is 3. The number of hydrogen-bond acceptors (Lipinski definition) is 4. The van der Waals surface area contributed by atoms with Crippen molar-refractivity contribution in [3.63, 3.8) is 0 Å². The van der Waals surface area contributed by atoms with E-state index in [0.29, 0.717) is 12.8 Å². The zero-order valence-electron chi connectivity index (χ0n) is 11.7. The Hall–Kier alpha value is 0.0300. The third-order valence-electron chi connectivity index (χ3n) is 2.33. The molecule has 1 amide bonds. The topological polar surface area (TPSA) is 75.4 Å². The van der Waals surface area contributed by atoms with Gasteiger partial charge in [-0.25, -0.2) is 0 Å². The smallest absolute Gasteiger partial charge is 0.237 e. The molecule has 0 saturated carbocycles. The molecule has 6 heteroatoms. The maximum Gasteiger partial charge on any atom is 0.237 e. The van der Waals surface area contributed by atoms with Crippen molar-refractivity contribution >= 4 is 30.1 Å². The summed E-state index contributed by atoms with van der Waals surface area (Å²) in [5.74, 6) is 0.700. The first-order chi connectivity index (χ1) is 7.76. The maximum atomic E-state index is 11.6. The highest BCUT2D eigenvalue weighted by atomic mass is 35.5. The molecule has 0 aromatic heterocycles. The third kappa shape index (κ3) is 11.1. The molecule has 0 spiro atoms. The summed E-state index contributed by atoms with van der Waals surface area (Å²) < 4.78 is 0. The number of halogens is 1. The number of amides is 1. The standard InChI is InChI=1S/C12H26N2O2S.ClH/c1-12(2,3)7-9(15)8-14-11(16)10(13)5-6-17-4;/h9-10,15H,5-8,13H2,1-4H3,(H,14,16);1H/t9?,10-;/m0./s1. The summed E-state index contributed by atoms with van der Waals surface area (Å²) in [6.07, 6.45) is 2.81. The highest BCUT2D eigenvalue weighted by Gasteiger charge is 2.18. The molecule has 0 heterocycles. The van der Waals surface area contributed by atoms with Crippen molar-refractivity contribution in [1.82, 2.24) is 5.32 Å². The molecule has 4 N–H and O–H groups in total. The van der Waals surface area contributed by atoms with Crippen LogP contribution in [-0.2, 0) is 4.79 Å². The second-order valence-electron chi connectivity index (χ2n) is 5.55. The van der Waals surface area contributed by atoms with E-state index in [4.69, 9.17) is 5.73 Å². The predicted molar refractivity (Wildman–Crippen MR) is 81.3 cm³/mol. The van der Waals surface area contributed by atoms with Gasteiger partial charge in [0.1, 0.15) is 0 Å². The predicted octanol–water partition coefficient (Wildman–Crippen LogP) is 1.40. The van der Waals surface area contributed by atoms with Crippen LogP contribution >= 0.6 is 24.2 Å². The number of thioether (sulfide) groups is 1. The number of carbonyl (C=O) groups is 1. The molecule has 0 aliphatic heterocycles. The molecule has 110 valence electrons. The molecule has 18 heavy (non-hydrogen) atoms. The van der Waals surface area contributed by atoms with Crippen LogP contribution in [0.2, 0.25) is 0 Å². The number of aliphatic hydroxyl groups is 1. The summed E-state index contributed by atoms with van der Waals surface area (Å²) in [4.78, 5) is 11.6. The number of aliphatic hydroxyl groups excluding tert-OH is 1. The maximum absolute atomic E-state index is 11.6. The second-order valence-corrected chi connectivity index (χ2v) is 6.54. The van der Waals surface area contributed by atoms with Crippen molar-refractivity contribution in [2.45, 2.75) is 45.8 Å². The van der Waals surface area contributed by atoms with Gasteiger partial charge in [-0.2, -0.15) is 11.8 Å². The van der Waals surface area contributed by atoms with Gasteiger partial charge in [0.2, 0.25) is 5.91 Å². The Morgan fingerprint density at radius 3 is 2.44 bits per heavy atom. The minimum Gasteiger partial charge on any atom is -0.391 e.